The third-order valence-corrected chi connectivity index (χ3v) is 4.58. The normalized spacial score (nSPS) is 15.1. The van der Waals surface area contributed by atoms with Crippen LogP contribution >= 0.6 is 0 Å². The Bertz CT molecular complexity index is 702. The van der Waals surface area contributed by atoms with Crippen LogP contribution in [0.15, 0.2) is 48.5 Å². The molecule has 0 bridgehead atoms. The molecule has 1 saturated carbocycles. The second-order valence-electron chi connectivity index (χ2n) is 6.46. The van der Waals surface area contributed by atoms with Crippen LogP contribution in [-0.2, 0) is 5.54 Å². The molecule has 0 spiro atoms. The molecule has 0 radical (unpaired) electrons. The number of urea groups is 1. The summed E-state index contributed by atoms with van der Waals surface area (Å²) in [6.45, 7) is 6.79. The van der Waals surface area contributed by atoms with E-state index in [2.05, 4.69) is 42.6 Å². The van der Waals surface area contributed by atoms with E-state index in [0.717, 1.165) is 24.1 Å². The van der Waals surface area contributed by atoms with Gasteiger partial charge in [-0.15, -0.1) is 0 Å². The van der Waals surface area contributed by atoms with Crippen molar-refractivity contribution in [2.45, 2.75) is 39.2 Å². The molecule has 1 aliphatic carbocycles. The quantitative estimate of drug-likeness (QED) is 0.884. The fraction of sp³-hybridized carbons (Fsp3) is 0.350. The van der Waals surface area contributed by atoms with Crippen molar-refractivity contribution >= 4 is 11.7 Å². The molecular formula is C20H24N2O. The number of hydrogen-bond acceptors (Lipinski definition) is 1. The van der Waals surface area contributed by atoms with Crippen molar-refractivity contribution < 1.29 is 4.79 Å². The number of aryl methyl sites for hydroxylation is 2. The summed E-state index contributed by atoms with van der Waals surface area (Å²) in [4.78, 5) is 14.6. The smallest absolute Gasteiger partial charge is 0.322 e. The number of carbonyl (C=O) groups is 1. The van der Waals surface area contributed by atoms with Crippen LogP contribution in [0.4, 0.5) is 10.5 Å². The number of nitrogens with zero attached hydrogens (tertiary/aromatic N) is 1. The summed E-state index contributed by atoms with van der Waals surface area (Å²) >= 11 is 0. The third kappa shape index (κ3) is 3.24. The van der Waals surface area contributed by atoms with E-state index in [9.17, 15) is 4.79 Å². The molecule has 0 saturated heterocycles. The Labute approximate surface area is 138 Å². The Balaban J connectivity index is 1.78. The van der Waals surface area contributed by atoms with Crippen molar-refractivity contribution in [2.75, 3.05) is 11.4 Å². The lowest BCUT2D eigenvalue weighted by Crippen LogP contribution is -2.45. The maximum absolute atomic E-state index is 12.8. The van der Waals surface area contributed by atoms with E-state index in [1.807, 2.05) is 32.0 Å². The highest BCUT2D eigenvalue weighted by atomic mass is 16.2. The minimum absolute atomic E-state index is 0.0174. The van der Waals surface area contributed by atoms with E-state index in [1.165, 1.54) is 11.1 Å². The van der Waals surface area contributed by atoms with Crippen LogP contribution in [-0.4, -0.2) is 12.6 Å². The molecule has 23 heavy (non-hydrogen) atoms. The van der Waals surface area contributed by atoms with E-state index in [-0.39, 0.29) is 11.6 Å². The number of anilines is 1. The van der Waals surface area contributed by atoms with Gasteiger partial charge in [0.15, 0.2) is 0 Å². The summed E-state index contributed by atoms with van der Waals surface area (Å²) in [5.74, 6) is 0. The van der Waals surface area contributed by atoms with Gasteiger partial charge in [-0.25, -0.2) is 4.79 Å². The Morgan fingerprint density at radius 2 is 1.78 bits per heavy atom. The number of hydrogen-bond donors (Lipinski definition) is 1. The molecule has 1 aliphatic rings. The molecule has 0 unspecified atom stereocenters. The Kier molecular flexibility index (Phi) is 4.12. The van der Waals surface area contributed by atoms with E-state index >= 15 is 0 Å². The van der Waals surface area contributed by atoms with Crippen molar-refractivity contribution in [3.05, 3.63) is 65.2 Å². The molecule has 3 heteroatoms. The van der Waals surface area contributed by atoms with Crippen molar-refractivity contribution in [3.8, 4) is 0 Å². The maximum atomic E-state index is 12.8. The summed E-state index contributed by atoms with van der Waals surface area (Å²) in [5.41, 5.74) is 4.38. The van der Waals surface area contributed by atoms with Crippen LogP contribution in [0, 0.1) is 13.8 Å². The number of carbonyl (C=O) groups excluding carboxylic acids is 1. The van der Waals surface area contributed by atoms with Gasteiger partial charge in [0.2, 0.25) is 0 Å². The molecule has 2 aromatic carbocycles. The van der Waals surface area contributed by atoms with Crippen LogP contribution in [0.3, 0.4) is 0 Å². The fourth-order valence-electron chi connectivity index (χ4n) is 2.99. The van der Waals surface area contributed by atoms with Crippen LogP contribution in [0.25, 0.3) is 0 Å². The molecule has 2 aromatic rings. The van der Waals surface area contributed by atoms with Gasteiger partial charge in [0.1, 0.15) is 0 Å². The fourth-order valence-corrected chi connectivity index (χ4v) is 2.99. The first-order valence-electron chi connectivity index (χ1n) is 8.27. The molecular weight excluding hydrogens is 284 g/mol. The number of nitrogens with one attached hydrogen (secondary N) is 1. The van der Waals surface area contributed by atoms with Gasteiger partial charge in [0, 0.05) is 12.2 Å². The largest absolute Gasteiger partial charge is 0.328 e. The molecule has 0 atom stereocenters. The molecule has 0 aliphatic heterocycles. The van der Waals surface area contributed by atoms with E-state index < -0.39 is 0 Å². The maximum Gasteiger partial charge on any atom is 0.322 e. The number of benzene rings is 2. The lowest BCUT2D eigenvalue weighted by atomic mass is 10.0. The third-order valence-electron chi connectivity index (χ3n) is 4.58. The van der Waals surface area contributed by atoms with E-state index in [4.69, 9.17) is 0 Å². The molecule has 0 aromatic heterocycles. The van der Waals surface area contributed by atoms with Gasteiger partial charge in [-0.1, -0.05) is 42.0 Å². The van der Waals surface area contributed by atoms with Crippen molar-refractivity contribution in [3.63, 3.8) is 0 Å². The standard InChI is InChI=1S/C20H24N2O/c1-4-22(18-7-5-6-16(3)14-18)19(23)21-20(12-13-20)17-10-8-15(2)9-11-17/h5-11,14H,4,12-13H2,1-3H3,(H,21,23). The highest BCUT2D eigenvalue weighted by Crippen LogP contribution is 2.45. The molecule has 3 rings (SSSR count). The van der Waals surface area contributed by atoms with Crippen LogP contribution in [0.1, 0.15) is 36.5 Å². The monoisotopic (exact) mass is 308 g/mol. The number of rotatable bonds is 4. The van der Waals surface area contributed by atoms with Crippen LogP contribution in [0.5, 0.6) is 0 Å². The van der Waals surface area contributed by atoms with Gasteiger partial charge in [-0.2, -0.15) is 0 Å². The topological polar surface area (TPSA) is 32.3 Å². The summed E-state index contributed by atoms with van der Waals surface area (Å²) < 4.78 is 0. The van der Waals surface area contributed by atoms with Crippen molar-refractivity contribution in [1.29, 1.82) is 0 Å². The van der Waals surface area contributed by atoms with E-state index in [0.29, 0.717) is 6.54 Å². The first-order valence-corrected chi connectivity index (χ1v) is 8.27. The molecule has 0 heterocycles. The molecule has 120 valence electrons. The second-order valence-corrected chi connectivity index (χ2v) is 6.46. The van der Waals surface area contributed by atoms with Gasteiger partial charge < -0.3 is 5.32 Å². The SMILES string of the molecule is CCN(C(=O)NC1(c2ccc(C)cc2)CC1)c1cccc(C)c1. The zero-order chi connectivity index (χ0) is 16.4. The zero-order valence-electron chi connectivity index (χ0n) is 14.1. The lowest BCUT2D eigenvalue weighted by molar-refractivity contribution is 0.241. The Morgan fingerprint density at radius 1 is 1.09 bits per heavy atom. The van der Waals surface area contributed by atoms with Gasteiger partial charge >= 0.3 is 6.03 Å². The highest BCUT2D eigenvalue weighted by Gasteiger charge is 2.46. The molecule has 3 nitrogen and oxygen atoms in total. The summed E-state index contributed by atoms with van der Waals surface area (Å²) in [7, 11) is 0. The lowest BCUT2D eigenvalue weighted by Gasteiger charge is -2.26. The highest BCUT2D eigenvalue weighted by molar-refractivity contribution is 5.92. The van der Waals surface area contributed by atoms with Crippen molar-refractivity contribution in [1.82, 2.24) is 5.32 Å². The minimum atomic E-state index is -0.179. The Hall–Kier alpha value is -2.29. The predicted octanol–water partition coefficient (Wildman–Crippen LogP) is 4.53. The molecule has 1 fully saturated rings. The van der Waals surface area contributed by atoms with Gasteiger partial charge in [0.05, 0.1) is 5.54 Å². The summed E-state index contributed by atoms with van der Waals surface area (Å²) in [5, 5.41) is 3.26. The van der Waals surface area contributed by atoms with Gasteiger partial charge in [0.25, 0.3) is 0 Å². The number of amides is 2. The average molecular weight is 308 g/mol. The molecule has 1 N–H and O–H groups in total. The summed E-state index contributed by atoms with van der Waals surface area (Å²) in [6.07, 6.45) is 2.01. The minimum Gasteiger partial charge on any atom is -0.328 e. The van der Waals surface area contributed by atoms with Gasteiger partial charge in [-0.05, 0) is 56.9 Å². The second kappa shape index (κ2) is 6.07. The average Bonchev–Trinajstić information content (AvgIpc) is 3.29. The summed E-state index contributed by atoms with van der Waals surface area (Å²) in [6, 6.07) is 16.5. The Morgan fingerprint density at radius 3 is 2.35 bits per heavy atom. The van der Waals surface area contributed by atoms with Crippen LogP contribution in [0.2, 0.25) is 0 Å². The van der Waals surface area contributed by atoms with E-state index in [1.54, 1.807) is 4.90 Å². The zero-order valence-corrected chi connectivity index (χ0v) is 14.1. The first kappa shape index (κ1) is 15.6. The van der Waals surface area contributed by atoms with Crippen LogP contribution < -0.4 is 10.2 Å². The first-order chi connectivity index (χ1) is 11.0. The van der Waals surface area contributed by atoms with Gasteiger partial charge in [-0.3, -0.25) is 4.90 Å². The molecule has 2 amide bonds. The predicted molar refractivity (Wildman–Crippen MR) is 94.8 cm³/mol. The van der Waals surface area contributed by atoms with Crippen molar-refractivity contribution in [2.24, 2.45) is 0 Å².